The number of benzene rings is 1. The zero-order valence-corrected chi connectivity index (χ0v) is 12.4. The third-order valence-electron chi connectivity index (χ3n) is 3.17. The van der Waals surface area contributed by atoms with Gasteiger partial charge in [0.25, 0.3) is 0 Å². The molecule has 2 rings (SSSR count). The summed E-state index contributed by atoms with van der Waals surface area (Å²) < 4.78 is 0. The minimum Gasteiger partial charge on any atom is -0.282 e. The van der Waals surface area contributed by atoms with Crippen LogP contribution in [0.25, 0.3) is 0 Å². The number of hydrogen-bond acceptors (Lipinski definition) is 2. The third kappa shape index (κ3) is 3.59. The monoisotopic (exact) mass is 312 g/mol. The van der Waals surface area contributed by atoms with Crippen LogP contribution in [0, 0.1) is 6.92 Å². The Morgan fingerprint density at radius 2 is 1.88 bits per heavy atom. The van der Waals surface area contributed by atoms with Crippen molar-refractivity contribution in [1.82, 2.24) is 0 Å². The Bertz CT molecular complexity index is 388. The summed E-state index contributed by atoms with van der Waals surface area (Å²) in [5.74, 6) is 0. The molecular weight excluding hydrogens is 296 g/mol. The maximum Gasteiger partial charge on any atom is 0.219 e. The second-order valence-electron chi connectivity index (χ2n) is 4.61. The lowest BCUT2D eigenvalue weighted by atomic mass is 10.0. The molecule has 0 aliphatic heterocycles. The van der Waals surface area contributed by atoms with E-state index in [-0.39, 0.29) is 5.12 Å². The number of alkyl halides is 1. The first-order valence-electron chi connectivity index (χ1n) is 6.08. The number of rotatable bonds is 2. The fraction of sp³-hybridized carbons (Fsp3) is 0.500. The molecule has 1 fully saturated rings. The summed E-state index contributed by atoms with van der Waals surface area (Å²) in [6.45, 7) is 2.04. The first-order chi connectivity index (χ1) is 8.16. The first-order valence-corrected chi connectivity index (χ1v) is 7.88. The van der Waals surface area contributed by atoms with Crippen molar-refractivity contribution in [3.63, 3.8) is 0 Å². The van der Waals surface area contributed by atoms with Crippen molar-refractivity contribution >= 4 is 32.8 Å². The molecule has 0 N–H and O–H groups in total. The third-order valence-corrected chi connectivity index (χ3v) is 5.93. The standard InChI is InChI=1S/C14H17BrOS/c1-10-6-8-11(9-7-10)14(16)17-13-5-3-2-4-12(13)15/h6-9,12-13H,2-5H2,1H3/t12-,13-/m0/s1. The lowest BCUT2D eigenvalue weighted by Crippen LogP contribution is -2.23. The Balaban J connectivity index is 1.98. The molecule has 0 unspecified atom stereocenters. The van der Waals surface area contributed by atoms with Crippen LogP contribution < -0.4 is 0 Å². The Hall–Kier alpha value is -0.280. The lowest BCUT2D eigenvalue weighted by molar-refractivity contribution is 0.108. The molecule has 0 bridgehead atoms. The number of aryl methyl sites for hydroxylation is 1. The molecule has 92 valence electrons. The van der Waals surface area contributed by atoms with Crippen LogP contribution >= 0.6 is 27.7 Å². The maximum atomic E-state index is 12.1. The highest BCUT2D eigenvalue weighted by Gasteiger charge is 2.26. The molecule has 1 aliphatic rings. The minimum atomic E-state index is 0.210. The number of thioether (sulfide) groups is 1. The second kappa shape index (κ2) is 6.05. The van der Waals surface area contributed by atoms with Gasteiger partial charge < -0.3 is 0 Å². The van der Waals surface area contributed by atoms with Gasteiger partial charge >= 0.3 is 0 Å². The first kappa shape index (κ1) is 13.2. The molecule has 3 heteroatoms. The van der Waals surface area contributed by atoms with Crippen LogP contribution in [-0.4, -0.2) is 15.2 Å². The number of halogens is 1. The molecule has 17 heavy (non-hydrogen) atoms. The van der Waals surface area contributed by atoms with Crippen LogP contribution in [0.5, 0.6) is 0 Å². The Labute approximate surface area is 115 Å². The van der Waals surface area contributed by atoms with Crippen LogP contribution in [0.15, 0.2) is 24.3 Å². The highest BCUT2D eigenvalue weighted by atomic mass is 79.9. The average Bonchev–Trinajstić information content (AvgIpc) is 2.33. The molecule has 0 spiro atoms. The van der Waals surface area contributed by atoms with E-state index in [2.05, 4.69) is 15.9 Å². The molecule has 1 aromatic carbocycles. The fourth-order valence-electron chi connectivity index (χ4n) is 2.08. The number of carbonyl (C=O) groups excluding carboxylic acids is 1. The van der Waals surface area contributed by atoms with Crippen LogP contribution in [-0.2, 0) is 0 Å². The van der Waals surface area contributed by atoms with Crippen molar-refractivity contribution in [2.75, 3.05) is 0 Å². The molecule has 1 saturated carbocycles. The SMILES string of the molecule is Cc1ccc(C(=O)S[C@H]2CCCC[C@@H]2Br)cc1. The zero-order chi connectivity index (χ0) is 12.3. The molecule has 0 aromatic heterocycles. The summed E-state index contributed by atoms with van der Waals surface area (Å²) in [5.41, 5.74) is 2.02. The van der Waals surface area contributed by atoms with E-state index in [0.29, 0.717) is 10.1 Å². The Kier molecular flexibility index (Phi) is 4.69. The van der Waals surface area contributed by atoms with E-state index in [1.165, 1.54) is 36.6 Å². The summed E-state index contributed by atoms with van der Waals surface area (Å²) in [5, 5.41) is 0.652. The molecule has 0 saturated heterocycles. The molecule has 0 radical (unpaired) electrons. The summed E-state index contributed by atoms with van der Waals surface area (Å²) >= 11 is 5.20. The van der Waals surface area contributed by atoms with Gasteiger partial charge in [0, 0.05) is 15.6 Å². The highest BCUT2D eigenvalue weighted by molar-refractivity contribution is 9.09. The van der Waals surface area contributed by atoms with Crippen LogP contribution in [0.3, 0.4) is 0 Å². The lowest BCUT2D eigenvalue weighted by Gasteiger charge is -2.25. The van der Waals surface area contributed by atoms with Gasteiger partial charge in [-0.1, -0.05) is 70.4 Å². The van der Waals surface area contributed by atoms with Gasteiger partial charge in [-0.3, -0.25) is 4.79 Å². The van der Waals surface area contributed by atoms with Crippen molar-refractivity contribution in [2.45, 2.75) is 42.7 Å². The van der Waals surface area contributed by atoms with Gasteiger partial charge in [-0.15, -0.1) is 0 Å². The largest absolute Gasteiger partial charge is 0.282 e. The van der Waals surface area contributed by atoms with Crippen LogP contribution in [0.2, 0.25) is 0 Å². The number of hydrogen-bond donors (Lipinski definition) is 0. The predicted octanol–water partition coefficient (Wildman–Crippen LogP) is 4.57. The molecule has 1 aromatic rings. The summed E-state index contributed by atoms with van der Waals surface area (Å²) in [7, 11) is 0. The van der Waals surface area contributed by atoms with Gasteiger partial charge in [0.15, 0.2) is 0 Å². The predicted molar refractivity (Wildman–Crippen MR) is 78.1 cm³/mol. The molecule has 2 atom stereocenters. The Morgan fingerprint density at radius 3 is 2.53 bits per heavy atom. The summed E-state index contributed by atoms with van der Waals surface area (Å²) in [4.78, 5) is 12.6. The smallest absolute Gasteiger partial charge is 0.219 e. The van der Waals surface area contributed by atoms with Gasteiger partial charge in [-0.25, -0.2) is 0 Å². The second-order valence-corrected chi connectivity index (χ2v) is 7.00. The highest BCUT2D eigenvalue weighted by Crippen LogP contribution is 2.34. The molecule has 0 heterocycles. The van der Waals surface area contributed by atoms with Crippen molar-refractivity contribution in [1.29, 1.82) is 0 Å². The van der Waals surface area contributed by atoms with Gasteiger partial charge in [0.1, 0.15) is 0 Å². The van der Waals surface area contributed by atoms with Crippen LogP contribution in [0.1, 0.15) is 41.6 Å². The zero-order valence-electron chi connectivity index (χ0n) is 9.99. The maximum absolute atomic E-state index is 12.1. The van der Waals surface area contributed by atoms with Gasteiger partial charge in [0.05, 0.1) is 0 Å². The topological polar surface area (TPSA) is 17.1 Å². The van der Waals surface area contributed by atoms with E-state index >= 15 is 0 Å². The van der Waals surface area contributed by atoms with Crippen molar-refractivity contribution in [3.8, 4) is 0 Å². The Morgan fingerprint density at radius 1 is 1.24 bits per heavy atom. The van der Waals surface area contributed by atoms with Crippen LogP contribution in [0.4, 0.5) is 0 Å². The van der Waals surface area contributed by atoms with E-state index in [9.17, 15) is 4.79 Å². The quantitative estimate of drug-likeness (QED) is 0.744. The minimum absolute atomic E-state index is 0.210. The fourth-order valence-corrected chi connectivity index (χ4v) is 4.11. The van der Waals surface area contributed by atoms with Crippen molar-refractivity contribution in [3.05, 3.63) is 35.4 Å². The van der Waals surface area contributed by atoms with E-state index < -0.39 is 0 Å². The van der Waals surface area contributed by atoms with E-state index in [4.69, 9.17) is 0 Å². The summed E-state index contributed by atoms with van der Waals surface area (Å²) in [6.07, 6.45) is 4.88. The van der Waals surface area contributed by atoms with E-state index in [1.807, 2.05) is 31.2 Å². The van der Waals surface area contributed by atoms with Gasteiger partial charge in [0.2, 0.25) is 5.12 Å². The molecular formula is C14H17BrOS. The van der Waals surface area contributed by atoms with Gasteiger partial charge in [-0.05, 0) is 19.8 Å². The van der Waals surface area contributed by atoms with Gasteiger partial charge in [-0.2, -0.15) is 0 Å². The summed E-state index contributed by atoms with van der Waals surface area (Å²) in [6, 6.07) is 7.86. The molecule has 1 nitrogen and oxygen atoms in total. The van der Waals surface area contributed by atoms with E-state index in [1.54, 1.807) is 0 Å². The average molecular weight is 313 g/mol. The normalized spacial score (nSPS) is 24.6. The van der Waals surface area contributed by atoms with E-state index in [0.717, 1.165) is 12.0 Å². The molecule has 1 aliphatic carbocycles. The number of carbonyl (C=O) groups is 1. The molecule has 0 amide bonds. The van der Waals surface area contributed by atoms with Crippen molar-refractivity contribution < 1.29 is 4.79 Å². The van der Waals surface area contributed by atoms with Crippen molar-refractivity contribution in [2.24, 2.45) is 0 Å².